The van der Waals surface area contributed by atoms with E-state index < -0.39 is 0 Å². The Bertz CT molecular complexity index is 478. The van der Waals surface area contributed by atoms with Crippen molar-refractivity contribution in [3.05, 3.63) is 32.8 Å². The third-order valence-corrected chi connectivity index (χ3v) is 3.39. The number of benzene rings is 1. The van der Waals surface area contributed by atoms with E-state index in [1.165, 1.54) is 0 Å². The first kappa shape index (κ1) is 12.7. The predicted molar refractivity (Wildman–Crippen MR) is 66.9 cm³/mol. The Morgan fingerprint density at radius 3 is 2.31 bits per heavy atom. The lowest BCUT2D eigenvalue weighted by atomic mass is 9.92. The van der Waals surface area contributed by atoms with Gasteiger partial charge in [0, 0.05) is 4.47 Å². The van der Waals surface area contributed by atoms with Gasteiger partial charge in [0.25, 0.3) is 0 Å². The van der Waals surface area contributed by atoms with Crippen LogP contribution in [0.15, 0.2) is 10.5 Å². The van der Waals surface area contributed by atoms with Gasteiger partial charge in [0.05, 0.1) is 24.1 Å². The van der Waals surface area contributed by atoms with E-state index in [2.05, 4.69) is 28.1 Å². The van der Waals surface area contributed by atoms with Crippen LogP contribution in [-0.4, -0.2) is 0 Å². The number of nitriles is 2. The van der Waals surface area contributed by atoms with Crippen molar-refractivity contribution in [3.8, 4) is 12.1 Å². The van der Waals surface area contributed by atoms with Gasteiger partial charge in [0.2, 0.25) is 0 Å². The number of aryl methyl sites for hydroxylation is 1. The maximum Gasteiger partial charge on any atom is 0.0997 e. The molecule has 2 nitrogen and oxygen atoms in total. The Hall–Kier alpha value is -1.32. The lowest BCUT2D eigenvalue weighted by Gasteiger charge is -2.13. The fraction of sp³-hybridized carbons (Fsp3) is 0.385. The molecule has 0 atom stereocenters. The molecule has 1 rings (SSSR count). The second-order valence-electron chi connectivity index (χ2n) is 3.50. The minimum Gasteiger partial charge on any atom is -0.198 e. The Kier molecular flexibility index (Phi) is 4.52. The molecule has 0 unspecified atom stereocenters. The van der Waals surface area contributed by atoms with E-state index in [0.29, 0.717) is 6.42 Å². The first-order valence-electron chi connectivity index (χ1n) is 5.29. The van der Waals surface area contributed by atoms with Crippen molar-refractivity contribution in [1.82, 2.24) is 0 Å². The molecule has 16 heavy (non-hydrogen) atoms. The Morgan fingerprint density at radius 1 is 1.19 bits per heavy atom. The smallest absolute Gasteiger partial charge is 0.0997 e. The van der Waals surface area contributed by atoms with E-state index >= 15 is 0 Å². The molecule has 0 aliphatic rings. The average Bonchev–Trinajstić information content (AvgIpc) is 2.30. The van der Waals surface area contributed by atoms with Crippen LogP contribution < -0.4 is 0 Å². The van der Waals surface area contributed by atoms with Gasteiger partial charge in [0.15, 0.2) is 0 Å². The first-order chi connectivity index (χ1) is 7.69. The van der Waals surface area contributed by atoms with E-state index in [-0.39, 0.29) is 0 Å². The van der Waals surface area contributed by atoms with Crippen LogP contribution in [0.3, 0.4) is 0 Å². The van der Waals surface area contributed by atoms with Gasteiger partial charge in [-0.3, -0.25) is 0 Å². The predicted octanol–water partition coefficient (Wildman–Crippen LogP) is 3.51. The molecule has 0 heterocycles. The zero-order valence-corrected chi connectivity index (χ0v) is 11.1. The van der Waals surface area contributed by atoms with Crippen molar-refractivity contribution in [3.63, 3.8) is 0 Å². The monoisotopic (exact) mass is 276 g/mol. The second-order valence-corrected chi connectivity index (χ2v) is 4.36. The average molecular weight is 277 g/mol. The van der Waals surface area contributed by atoms with Crippen LogP contribution in [0.4, 0.5) is 0 Å². The molecule has 0 radical (unpaired) electrons. The fourth-order valence-corrected chi connectivity index (χ4v) is 2.54. The van der Waals surface area contributed by atoms with Crippen LogP contribution in [-0.2, 0) is 19.3 Å². The minimum atomic E-state index is 0.350. The second kappa shape index (κ2) is 5.68. The molecular formula is C13H13BrN2. The molecule has 0 aromatic heterocycles. The van der Waals surface area contributed by atoms with Crippen LogP contribution in [0.2, 0.25) is 0 Å². The van der Waals surface area contributed by atoms with Gasteiger partial charge in [-0.15, -0.1) is 0 Å². The molecule has 0 fully saturated rings. The topological polar surface area (TPSA) is 47.6 Å². The number of halogens is 1. The van der Waals surface area contributed by atoms with Gasteiger partial charge < -0.3 is 0 Å². The molecule has 0 aliphatic carbocycles. The van der Waals surface area contributed by atoms with Crippen molar-refractivity contribution in [1.29, 1.82) is 10.5 Å². The number of hydrogen-bond acceptors (Lipinski definition) is 2. The van der Waals surface area contributed by atoms with Crippen LogP contribution in [0, 0.1) is 22.7 Å². The molecule has 0 aliphatic heterocycles. The zero-order chi connectivity index (χ0) is 12.1. The summed E-state index contributed by atoms with van der Waals surface area (Å²) >= 11 is 3.48. The molecule has 0 amide bonds. The standard InChI is InChI=1S/C13H13BrN2/c1-3-9-7-13(14)11(5-6-15)10(4-2)12(9)8-16/h7H,3-5H2,1-2H3. The number of rotatable bonds is 3. The summed E-state index contributed by atoms with van der Waals surface area (Å²) in [7, 11) is 0. The molecule has 1 aromatic rings. The maximum atomic E-state index is 9.20. The van der Waals surface area contributed by atoms with Crippen LogP contribution in [0.1, 0.15) is 36.1 Å². The van der Waals surface area contributed by atoms with E-state index in [9.17, 15) is 5.26 Å². The molecule has 0 bridgehead atoms. The maximum absolute atomic E-state index is 9.20. The Morgan fingerprint density at radius 2 is 1.88 bits per heavy atom. The molecule has 0 saturated carbocycles. The van der Waals surface area contributed by atoms with Gasteiger partial charge >= 0.3 is 0 Å². The summed E-state index contributed by atoms with van der Waals surface area (Å²) < 4.78 is 0.946. The van der Waals surface area contributed by atoms with E-state index in [4.69, 9.17) is 5.26 Å². The van der Waals surface area contributed by atoms with Crippen molar-refractivity contribution in [2.45, 2.75) is 33.1 Å². The molecule has 0 spiro atoms. The summed E-state index contributed by atoms with van der Waals surface area (Å²) in [6.07, 6.45) is 1.97. The van der Waals surface area contributed by atoms with Crippen molar-refractivity contribution < 1.29 is 0 Å². The number of hydrogen-bond donors (Lipinski definition) is 0. The third-order valence-electron chi connectivity index (χ3n) is 2.68. The zero-order valence-electron chi connectivity index (χ0n) is 9.47. The highest BCUT2D eigenvalue weighted by Crippen LogP contribution is 2.28. The Balaban J connectivity index is 3.54. The highest BCUT2D eigenvalue weighted by atomic mass is 79.9. The lowest BCUT2D eigenvalue weighted by molar-refractivity contribution is 1.02. The van der Waals surface area contributed by atoms with Crippen LogP contribution in [0.5, 0.6) is 0 Å². The molecule has 0 saturated heterocycles. The fourth-order valence-electron chi connectivity index (χ4n) is 1.88. The van der Waals surface area contributed by atoms with Gasteiger partial charge in [-0.25, -0.2) is 0 Å². The van der Waals surface area contributed by atoms with E-state index in [1.807, 2.05) is 19.9 Å². The summed E-state index contributed by atoms with van der Waals surface area (Å²) in [5, 5.41) is 18.0. The summed E-state index contributed by atoms with van der Waals surface area (Å²) in [4.78, 5) is 0. The molecule has 82 valence electrons. The van der Waals surface area contributed by atoms with Crippen molar-refractivity contribution >= 4 is 15.9 Å². The summed E-state index contributed by atoms with van der Waals surface area (Å²) in [6, 6.07) is 6.37. The highest BCUT2D eigenvalue weighted by molar-refractivity contribution is 9.10. The van der Waals surface area contributed by atoms with Crippen LogP contribution >= 0.6 is 15.9 Å². The lowest BCUT2D eigenvalue weighted by Crippen LogP contribution is -2.02. The van der Waals surface area contributed by atoms with Gasteiger partial charge in [-0.1, -0.05) is 29.8 Å². The van der Waals surface area contributed by atoms with Crippen molar-refractivity contribution in [2.24, 2.45) is 0 Å². The van der Waals surface area contributed by atoms with E-state index in [1.54, 1.807) is 0 Å². The summed E-state index contributed by atoms with van der Waals surface area (Å²) in [6.45, 7) is 4.05. The highest BCUT2D eigenvalue weighted by Gasteiger charge is 2.14. The largest absolute Gasteiger partial charge is 0.198 e. The quantitative estimate of drug-likeness (QED) is 0.848. The molecule has 1 aromatic carbocycles. The molecular weight excluding hydrogens is 264 g/mol. The Labute approximate surface area is 105 Å². The molecule has 0 N–H and O–H groups in total. The summed E-state index contributed by atoms with van der Waals surface area (Å²) in [5.74, 6) is 0. The minimum absolute atomic E-state index is 0.350. The van der Waals surface area contributed by atoms with Crippen molar-refractivity contribution in [2.75, 3.05) is 0 Å². The first-order valence-corrected chi connectivity index (χ1v) is 6.08. The van der Waals surface area contributed by atoms with E-state index in [0.717, 1.165) is 39.6 Å². The van der Waals surface area contributed by atoms with Gasteiger partial charge in [-0.05, 0) is 35.6 Å². The number of nitrogens with zero attached hydrogens (tertiary/aromatic N) is 2. The third kappa shape index (κ3) is 2.26. The normalized spacial score (nSPS) is 9.56. The van der Waals surface area contributed by atoms with Gasteiger partial charge in [-0.2, -0.15) is 10.5 Å². The van der Waals surface area contributed by atoms with Gasteiger partial charge in [0.1, 0.15) is 0 Å². The van der Waals surface area contributed by atoms with Crippen LogP contribution in [0.25, 0.3) is 0 Å². The SMILES string of the molecule is CCc1cc(Br)c(CC#N)c(CC)c1C#N. The summed E-state index contributed by atoms with van der Waals surface area (Å²) in [5.41, 5.74) is 3.76. The molecule has 3 heteroatoms.